The fraction of sp³-hybridized carbons (Fsp3) is 0.609. The molecule has 0 radical (unpaired) electrons. The summed E-state index contributed by atoms with van der Waals surface area (Å²) in [5, 5.41) is 0. The first-order chi connectivity index (χ1) is 14.0. The third kappa shape index (κ3) is 3.89. The summed E-state index contributed by atoms with van der Waals surface area (Å²) in [5.41, 5.74) is 0.610. The van der Waals surface area contributed by atoms with Crippen molar-refractivity contribution in [2.45, 2.75) is 39.0 Å². The third-order valence-electron chi connectivity index (χ3n) is 7.14. The summed E-state index contributed by atoms with van der Waals surface area (Å²) >= 11 is 0. The Hall–Kier alpha value is -2.37. The van der Waals surface area contributed by atoms with E-state index < -0.39 is 0 Å². The van der Waals surface area contributed by atoms with Crippen LogP contribution in [0.3, 0.4) is 0 Å². The van der Waals surface area contributed by atoms with Gasteiger partial charge in [0.2, 0.25) is 11.8 Å². The minimum atomic E-state index is -0.126. The maximum atomic E-state index is 13.5. The number of hydrogen-bond donors (Lipinski definition) is 0. The lowest BCUT2D eigenvalue weighted by molar-refractivity contribution is -0.144. The fourth-order valence-corrected chi connectivity index (χ4v) is 5.45. The van der Waals surface area contributed by atoms with E-state index in [9.17, 15) is 14.4 Å². The van der Waals surface area contributed by atoms with Crippen LogP contribution in [0, 0.1) is 11.3 Å². The molecule has 3 amide bonds. The summed E-state index contributed by atoms with van der Waals surface area (Å²) in [5.74, 6) is 0.159. The third-order valence-corrected chi connectivity index (χ3v) is 7.14. The Labute approximate surface area is 172 Å². The number of hydrogen-bond acceptors (Lipinski definition) is 3. The number of nitrogens with zero attached hydrogens (tertiary/aromatic N) is 3. The molecule has 1 aliphatic carbocycles. The molecule has 29 heavy (non-hydrogen) atoms. The van der Waals surface area contributed by atoms with E-state index in [4.69, 9.17) is 0 Å². The molecular weight excluding hydrogens is 366 g/mol. The van der Waals surface area contributed by atoms with Crippen LogP contribution in [0.15, 0.2) is 30.3 Å². The molecule has 6 heteroatoms. The minimum Gasteiger partial charge on any atom is -0.339 e. The summed E-state index contributed by atoms with van der Waals surface area (Å²) in [7, 11) is 0. The first kappa shape index (κ1) is 19.9. The zero-order valence-electron chi connectivity index (χ0n) is 17.3. The highest BCUT2D eigenvalue weighted by Gasteiger charge is 2.52. The Morgan fingerprint density at radius 3 is 2.10 bits per heavy atom. The molecule has 3 fully saturated rings. The van der Waals surface area contributed by atoms with Crippen molar-refractivity contribution in [2.24, 2.45) is 11.3 Å². The van der Waals surface area contributed by atoms with Gasteiger partial charge in [-0.25, -0.2) is 0 Å². The van der Waals surface area contributed by atoms with Crippen LogP contribution in [-0.2, 0) is 9.59 Å². The van der Waals surface area contributed by atoms with Gasteiger partial charge in [0, 0.05) is 57.2 Å². The smallest absolute Gasteiger partial charge is 0.253 e. The van der Waals surface area contributed by atoms with Gasteiger partial charge in [-0.2, -0.15) is 0 Å². The Kier molecular flexibility index (Phi) is 5.61. The zero-order chi connectivity index (χ0) is 20.4. The van der Waals surface area contributed by atoms with Crippen molar-refractivity contribution in [1.82, 2.24) is 14.7 Å². The van der Waals surface area contributed by atoms with Gasteiger partial charge in [0.1, 0.15) is 0 Å². The molecule has 2 saturated heterocycles. The van der Waals surface area contributed by atoms with Crippen LogP contribution in [-0.4, -0.2) is 71.7 Å². The predicted octanol–water partition coefficient (Wildman–Crippen LogP) is 2.40. The van der Waals surface area contributed by atoms with E-state index in [1.807, 2.05) is 40.1 Å². The molecule has 1 spiro atoms. The molecule has 0 bridgehead atoms. The molecular formula is C23H31N3O3. The average Bonchev–Trinajstić information content (AvgIpc) is 3.12. The largest absolute Gasteiger partial charge is 0.339 e. The van der Waals surface area contributed by atoms with Crippen LogP contribution < -0.4 is 0 Å². The fourth-order valence-electron chi connectivity index (χ4n) is 5.45. The Morgan fingerprint density at radius 2 is 1.48 bits per heavy atom. The Balaban J connectivity index is 1.52. The summed E-state index contributed by atoms with van der Waals surface area (Å²) in [6.45, 7) is 5.18. The molecule has 6 nitrogen and oxygen atoms in total. The van der Waals surface area contributed by atoms with Gasteiger partial charge >= 0.3 is 0 Å². The van der Waals surface area contributed by atoms with E-state index in [2.05, 4.69) is 0 Å². The first-order valence-corrected chi connectivity index (χ1v) is 10.9. The second-order valence-corrected chi connectivity index (χ2v) is 8.86. The Bertz CT molecular complexity index is 765. The topological polar surface area (TPSA) is 60.9 Å². The number of rotatable bonds is 2. The maximum absolute atomic E-state index is 13.5. The van der Waals surface area contributed by atoms with Crippen molar-refractivity contribution >= 4 is 17.7 Å². The summed E-state index contributed by atoms with van der Waals surface area (Å²) in [6.07, 6.45) is 5.53. The van der Waals surface area contributed by atoms with Gasteiger partial charge in [-0.3, -0.25) is 14.4 Å². The quantitative estimate of drug-likeness (QED) is 0.770. The molecule has 0 N–H and O–H groups in total. The van der Waals surface area contributed by atoms with Gasteiger partial charge in [-0.15, -0.1) is 0 Å². The van der Waals surface area contributed by atoms with Crippen molar-refractivity contribution < 1.29 is 14.4 Å². The highest BCUT2D eigenvalue weighted by atomic mass is 16.2. The second kappa shape index (κ2) is 8.17. The number of amides is 3. The van der Waals surface area contributed by atoms with Gasteiger partial charge < -0.3 is 14.7 Å². The number of piperazine rings is 1. The number of likely N-dealkylation sites (tertiary alicyclic amines) is 1. The predicted molar refractivity (Wildman–Crippen MR) is 110 cm³/mol. The number of carbonyl (C=O) groups excluding carboxylic acids is 3. The Morgan fingerprint density at radius 1 is 0.862 bits per heavy atom. The monoisotopic (exact) mass is 397 g/mol. The van der Waals surface area contributed by atoms with Crippen LogP contribution in [0.5, 0.6) is 0 Å². The summed E-state index contributed by atoms with van der Waals surface area (Å²) in [4.78, 5) is 43.9. The van der Waals surface area contributed by atoms with Crippen LogP contribution >= 0.6 is 0 Å². The van der Waals surface area contributed by atoms with E-state index in [0.717, 1.165) is 25.7 Å². The van der Waals surface area contributed by atoms with E-state index in [-0.39, 0.29) is 29.1 Å². The lowest BCUT2D eigenvalue weighted by Crippen LogP contribution is -2.53. The first-order valence-electron chi connectivity index (χ1n) is 10.9. The lowest BCUT2D eigenvalue weighted by Gasteiger charge is -2.41. The SMILES string of the molecule is CC(=O)N1CCN(C(=O)C2CN(C(=O)c3ccccc3)CC23CCCCC3)CC1. The standard InChI is InChI=1S/C23H31N3O3/c1-18(27)24-12-14-25(15-13-24)22(29)20-16-26(17-23(20)10-6-3-7-11-23)21(28)19-8-4-2-5-9-19/h2,4-5,8-9,20H,3,6-7,10-17H2,1H3. The van der Waals surface area contributed by atoms with Crippen molar-refractivity contribution in [3.8, 4) is 0 Å². The molecule has 1 aromatic rings. The maximum Gasteiger partial charge on any atom is 0.253 e. The van der Waals surface area contributed by atoms with Crippen molar-refractivity contribution in [2.75, 3.05) is 39.3 Å². The van der Waals surface area contributed by atoms with E-state index in [0.29, 0.717) is 44.8 Å². The molecule has 1 atom stereocenters. The highest BCUT2D eigenvalue weighted by molar-refractivity contribution is 5.95. The average molecular weight is 398 g/mol. The normalized spacial score (nSPS) is 24.0. The van der Waals surface area contributed by atoms with E-state index in [1.54, 1.807) is 11.8 Å². The second-order valence-electron chi connectivity index (χ2n) is 8.86. The molecule has 4 rings (SSSR count). The van der Waals surface area contributed by atoms with Gasteiger partial charge in [-0.1, -0.05) is 37.5 Å². The van der Waals surface area contributed by atoms with Gasteiger partial charge in [0.25, 0.3) is 5.91 Å². The highest BCUT2D eigenvalue weighted by Crippen LogP contribution is 2.48. The van der Waals surface area contributed by atoms with Crippen LogP contribution in [0.2, 0.25) is 0 Å². The molecule has 3 aliphatic rings. The van der Waals surface area contributed by atoms with Crippen molar-refractivity contribution in [3.63, 3.8) is 0 Å². The van der Waals surface area contributed by atoms with Crippen molar-refractivity contribution in [3.05, 3.63) is 35.9 Å². The van der Waals surface area contributed by atoms with Crippen LogP contribution in [0.4, 0.5) is 0 Å². The van der Waals surface area contributed by atoms with Gasteiger partial charge in [0.05, 0.1) is 5.92 Å². The zero-order valence-corrected chi connectivity index (χ0v) is 17.3. The molecule has 2 heterocycles. The molecule has 0 aromatic heterocycles. The lowest BCUT2D eigenvalue weighted by atomic mass is 9.67. The molecule has 1 unspecified atom stereocenters. The van der Waals surface area contributed by atoms with Gasteiger partial charge in [0.15, 0.2) is 0 Å². The molecule has 1 aromatic carbocycles. The molecule has 2 aliphatic heterocycles. The van der Waals surface area contributed by atoms with Crippen LogP contribution in [0.25, 0.3) is 0 Å². The number of benzene rings is 1. The number of carbonyl (C=O) groups is 3. The molecule has 156 valence electrons. The van der Waals surface area contributed by atoms with E-state index >= 15 is 0 Å². The summed E-state index contributed by atoms with van der Waals surface area (Å²) in [6, 6.07) is 9.39. The van der Waals surface area contributed by atoms with Crippen LogP contribution in [0.1, 0.15) is 49.4 Å². The van der Waals surface area contributed by atoms with E-state index in [1.165, 1.54) is 6.42 Å². The van der Waals surface area contributed by atoms with Gasteiger partial charge in [-0.05, 0) is 25.0 Å². The molecule has 1 saturated carbocycles. The summed E-state index contributed by atoms with van der Waals surface area (Å²) < 4.78 is 0. The minimum absolute atomic E-state index is 0.0345. The van der Waals surface area contributed by atoms with Crippen molar-refractivity contribution in [1.29, 1.82) is 0 Å².